The highest BCUT2D eigenvalue weighted by molar-refractivity contribution is 8.00. The maximum atomic E-state index is 12.1. The second kappa shape index (κ2) is 4.19. The first kappa shape index (κ1) is 15.7. The summed E-state index contributed by atoms with van der Waals surface area (Å²) in [6, 6.07) is 0. The van der Waals surface area contributed by atoms with Crippen LogP contribution in [0.1, 0.15) is 6.92 Å². The monoisotopic (exact) mass is 280 g/mol. The average molecular weight is 280 g/mol. The molecular formula is C6H5F9S. The summed E-state index contributed by atoms with van der Waals surface area (Å²) in [5, 5.41) is 0. The highest BCUT2D eigenvalue weighted by atomic mass is 32.2. The molecule has 0 aliphatic heterocycles. The standard InChI is InChI=1S/C6H5F9S/c1-2-16-3(4(7,8)9,5(10,11)12)6(13,14)15/h2H2,1H3. The molecule has 16 heavy (non-hydrogen) atoms. The molecule has 0 bridgehead atoms. The number of halogens is 9. The quantitative estimate of drug-likeness (QED) is 0.684. The molecule has 0 aromatic heterocycles. The summed E-state index contributed by atoms with van der Waals surface area (Å²) in [5.74, 6) is -0.974. The zero-order chi connectivity index (χ0) is 13.4. The molecule has 0 spiro atoms. The van der Waals surface area contributed by atoms with Gasteiger partial charge in [-0.2, -0.15) is 39.5 Å². The van der Waals surface area contributed by atoms with Crippen LogP contribution in [0.3, 0.4) is 0 Å². The maximum absolute atomic E-state index is 12.1. The van der Waals surface area contributed by atoms with Crippen molar-refractivity contribution >= 4 is 11.8 Å². The van der Waals surface area contributed by atoms with E-state index in [0.717, 1.165) is 6.92 Å². The Morgan fingerprint density at radius 1 is 0.688 bits per heavy atom. The van der Waals surface area contributed by atoms with E-state index in [2.05, 4.69) is 0 Å². The second-order valence-corrected chi connectivity index (χ2v) is 4.09. The Bertz CT molecular complexity index is 198. The first-order chi connectivity index (χ1) is 6.81. The van der Waals surface area contributed by atoms with Crippen LogP contribution in [0.2, 0.25) is 0 Å². The third-order valence-corrected chi connectivity index (χ3v) is 2.97. The number of rotatable bonds is 2. The van der Waals surface area contributed by atoms with E-state index in [4.69, 9.17) is 0 Å². The fourth-order valence-corrected chi connectivity index (χ4v) is 1.87. The van der Waals surface area contributed by atoms with Crippen LogP contribution in [0, 0.1) is 0 Å². The molecule has 10 heteroatoms. The van der Waals surface area contributed by atoms with E-state index < -0.39 is 40.8 Å². The molecule has 0 nitrogen and oxygen atoms in total. The third-order valence-electron chi connectivity index (χ3n) is 1.56. The Labute approximate surface area is 88.2 Å². The summed E-state index contributed by atoms with van der Waals surface area (Å²) in [4.78, 5) is 0. The minimum Gasteiger partial charge on any atom is -0.169 e. The van der Waals surface area contributed by atoms with Gasteiger partial charge in [-0.1, -0.05) is 6.92 Å². The smallest absolute Gasteiger partial charge is 0.169 e. The van der Waals surface area contributed by atoms with Gasteiger partial charge in [-0.05, 0) is 5.75 Å². The van der Waals surface area contributed by atoms with Gasteiger partial charge in [-0.25, -0.2) is 0 Å². The minimum atomic E-state index is -6.45. The van der Waals surface area contributed by atoms with Gasteiger partial charge in [0.25, 0.3) is 0 Å². The lowest BCUT2D eigenvalue weighted by atomic mass is 10.1. The van der Waals surface area contributed by atoms with Crippen LogP contribution in [0.4, 0.5) is 39.5 Å². The Kier molecular flexibility index (Phi) is 4.12. The Morgan fingerprint density at radius 2 is 0.938 bits per heavy atom. The van der Waals surface area contributed by atoms with Gasteiger partial charge in [0.15, 0.2) is 0 Å². The van der Waals surface area contributed by atoms with Crippen molar-refractivity contribution in [2.45, 2.75) is 30.2 Å². The van der Waals surface area contributed by atoms with Crippen LogP contribution >= 0.6 is 11.8 Å². The van der Waals surface area contributed by atoms with E-state index in [9.17, 15) is 39.5 Å². The molecule has 0 aromatic carbocycles. The summed E-state index contributed by atoms with van der Waals surface area (Å²) in [7, 11) is 0. The third kappa shape index (κ3) is 2.35. The average Bonchev–Trinajstić information content (AvgIpc) is 1.91. The van der Waals surface area contributed by atoms with E-state index in [1.165, 1.54) is 0 Å². The molecule has 98 valence electrons. The van der Waals surface area contributed by atoms with Crippen LogP contribution in [-0.2, 0) is 0 Å². The van der Waals surface area contributed by atoms with E-state index in [0.29, 0.717) is 0 Å². The summed E-state index contributed by atoms with van der Waals surface area (Å²) in [5.41, 5.74) is 0. The minimum absolute atomic E-state index is 0.780. The molecule has 0 fully saturated rings. The molecule has 0 rings (SSSR count). The van der Waals surface area contributed by atoms with Crippen molar-refractivity contribution in [1.82, 2.24) is 0 Å². The molecule has 0 unspecified atom stereocenters. The highest BCUT2D eigenvalue weighted by Crippen LogP contribution is 2.60. The topological polar surface area (TPSA) is 0 Å². The van der Waals surface area contributed by atoms with Gasteiger partial charge in [0.05, 0.1) is 0 Å². The highest BCUT2D eigenvalue weighted by Gasteiger charge is 2.83. The van der Waals surface area contributed by atoms with Gasteiger partial charge in [0.1, 0.15) is 0 Å². The molecule has 0 N–H and O–H groups in total. The lowest BCUT2D eigenvalue weighted by Crippen LogP contribution is -2.63. The molecule has 0 aliphatic rings. The van der Waals surface area contributed by atoms with Crippen molar-refractivity contribution in [3.8, 4) is 0 Å². The molecule has 0 aromatic rings. The second-order valence-electron chi connectivity index (χ2n) is 2.61. The van der Waals surface area contributed by atoms with Crippen molar-refractivity contribution in [2.75, 3.05) is 5.75 Å². The van der Waals surface area contributed by atoms with Gasteiger partial charge in [-0.3, -0.25) is 0 Å². The number of alkyl halides is 9. The first-order valence-electron chi connectivity index (χ1n) is 3.65. The van der Waals surface area contributed by atoms with Crippen molar-refractivity contribution in [3.63, 3.8) is 0 Å². The van der Waals surface area contributed by atoms with Crippen molar-refractivity contribution in [1.29, 1.82) is 0 Å². The lowest BCUT2D eigenvalue weighted by Gasteiger charge is -2.37. The summed E-state index contributed by atoms with van der Waals surface area (Å²) < 4.78 is 103. The fraction of sp³-hybridized carbons (Fsp3) is 1.00. The van der Waals surface area contributed by atoms with Crippen LogP contribution in [0.15, 0.2) is 0 Å². The summed E-state index contributed by atoms with van der Waals surface area (Å²) in [6.07, 6.45) is -19.4. The van der Waals surface area contributed by atoms with Crippen LogP contribution in [-0.4, -0.2) is 29.0 Å². The molecule has 0 saturated heterocycles. The van der Waals surface area contributed by atoms with Gasteiger partial charge < -0.3 is 0 Å². The van der Waals surface area contributed by atoms with Crippen molar-refractivity contribution in [2.24, 2.45) is 0 Å². The van der Waals surface area contributed by atoms with Gasteiger partial charge >= 0.3 is 23.3 Å². The molecule has 0 radical (unpaired) electrons. The zero-order valence-electron chi connectivity index (χ0n) is 7.52. The van der Waals surface area contributed by atoms with Crippen molar-refractivity contribution in [3.05, 3.63) is 0 Å². The SMILES string of the molecule is CCSC(C(F)(F)F)(C(F)(F)F)C(F)(F)F. The number of thioether (sulfide) groups is 1. The molecule has 0 heterocycles. The largest absolute Gasteiger partial charge is 0.421 e. The van der Waals surface area contributed by atoms with Crippen LogP contribution in [0.5, 0.6) is 0 Å². The summed E-state index contributed by atoms with van der Waals surface area (Å²) >= 11 is -1.23. The predicted molar refractivity (Wildman–Crippen MR) is 39.0 cm³/mol. The van der Waals surface area contributed by atoms with Crippen LogP contribution < -0.4 is 0 Å². The molecule has 0 saturated carbocycles. The normalized spacial score (nSPS) is 15.4. The Hall–Kier alpha value is -0.280. The Balaban J connectivity index is 5.82. The van der Waals surface area contributed by atoms with Gasteiger partial charge in [0, 0.05) is 0 Å². The van der Waals surface area contributed by atoms with E-state index >= 15 is 0 Å². The fourth-order valence-electron chi connectivity index (χ4n) is 0.944. The molecule has 0 atom stereocenters. The van der Waals surface area contributed by atoms with Gasteiger partial charge in [0.2, 0.25) is 0 Å². The summed E-state index contributed by atoms with van der Waals surface area (Å²) in [6.45, 7) is 0.780. The van der Waals surface area contributed by atoms with E-state index in [1.54, 1.807) is 0 Å². The van der Waals surface area contributed by atoms with E-state index in [-0.39, 0.29) is 0 Å². The van der Waals surface area contributed by atoms with E-state index in [1.807, 2.05) is 0 Å². The molecular weight excluding hydrogens is 275 g/mol. The Morgan fingerprint density at radius 3 is 1.00 bits per heavy atom. The maximum Gasteiger partial charge on any atom is 0.421 e. The lowest BCUT2D eigenvalue weighted by molar-refractivity contribution is -0.345. The number of hydrogen-bond donors (Lipinski definition) is 0. The van der Waals surface area contributed by atoms with Crippen LogP contribution in [0.25, 0.3) is 0 Å². The number of hydrogen-bond acceptors (Lipinski definition) is 1. The van der Waals surface area contributed by atoms with Gasteiger partial charge in [-0.15, -0.1) is 11.8 Å². The molecule has 0 aliphatic carbocycles. The first-order valence-corrected chi connectivity index (χ1v) is 4.64. The molecule has 0 amide bonds. The zero-order valence-corrected chi connectivity index (χ0v) is 8.33. The predicted octanol–water partition coefficient (Wildman–Crippen LogP) is 4.17. The van der Waals surface area contributed by atoms with Crippen molar-refractivity contribution < 1.29 is 39.5 Å².